The number of hydrogen-bond acceptors (Lipinski definition) is 7. The Kier molecular flexibility index (Phi) is 6.58. The molecule has 5 heterocycles. The number of anilines is 1. The van der Waals surface area contributed by atoms with Crippen LogP contribution in [-0.4, -0.2) is 69.5 Å². The van der Waals surface area contributed by atoms with Crippen LogP contribution in [0.2, 0.25) is 0 Å². The molecule has 0 spiro atoms. The number of fused-ring (bicyclic) bond motifs is 3. The van der Waals surface area contributed by atoms with E-state index in [0.29, 0.717) is 29.6 Å². The summed E-state index contributed by atoms with van der Waals surface area (Å²) in [6.07, 6.45) is 11.5. The average Bonchev–Trinajstić information content (AvgIpc) is 3.52. The van der Waals surface area contributed by atoms with Crippen LogP contribution in [0, 0.1) is 24.0 Å². The summed E-state index contributed by atoms with van der Waals surface area (Å²) >= 11 is 0. The van der Waals surface area contributed by atoms with Crippen molar-refractivity contribution in [2.24, 2.45) is 0 Å². The summed E-state index contributed by atoms with van der Waals surface area (Å²) in [6.45, 7) is 2.92. The molecule has 3 fully saturated rings. The standard InChI is InChI=1S/C32H30F3N5O2/c1-2-22-25(34)8-7-19-13-21(41)14-23(26(19)22)28-27(35)29-24(16-36-28)30(39-10-4-3-5-11-39)38-31(37-29)42-18-32-9-6-12-40(32)17-20(33)15-32/h1,7-8,13-14,16,20,41H,3-6,9-12,15,17-18H2. The summed E-state index contributed by atoms with van der Waals surface area (Å²) in [4.78, 5) is 17.9. The minimum atomic E-state index is -0.906. The second-order valence-corrected chi connectivity index (χ2v) is 11.6. The van der Waals surface area contributed by atoms with E-state index < -0.39 is 23.3 Å². The number of phenols is 1. The first-order chi connectivity index (χ1) is 20.4. The molecule has 216 valence electrons. The number of aromatic hydroxyl groups is 1. The zero-order valence-corrected chi connectivity index (χ0v) is 23.0. The first kappa shape index (κ1) is 26.8. The number of hydrogen-bond donors (Lipinski definition) is 1. The normalized spacial score (nSPS) is 22.5. The average molecular weight is 574 g/mol. The first-order valence-corrected chi connectivity index (χ1v) is 14.4. The number of nitrogens with zero attached hydrogens (tertiary/aromatic N) is 5. The van der Waals surface area contributed by atoms with E-state index in [1.54, 1.807) is 0 Å². The predicted molar refractivity (Wildman–Crippen MR) is 154 cm³/mol. The van der Waals surface area contributed by atoms with Gasteiger partial charge in [0.1, 0.15) is 41.4 Å². The molecular weight excluding hydrogens is 543 g/mol. The van der Waals surface area contributed by atoms with Gasteiger partial charge in [-0.15, -0.1) is 6.42 Å². The number of pyridine rings is 1. The molecule has 0 radical (unpaired) electrons. The Hall–Kier alpha value is -4.10. The van der Waals surface area contributed by atoms with Crippen LogP contribution in [0.3, 0.4) is 0 Å². The van der Waals surface area contributed by atoms with Crippen LogP contribution < -0.4 is 9.64 Å². The largest absolute Gasteiger partial charge is 0.508 e. The number of terminal acetylenes is 1. The molecule has 0 amide bonds. The van der Waals surface area contributed by atoms with Crippen LogP contribution in [-0.2, 0) is 0 Å². The molecule has 2 aromatic heterocycles. The molecule has 3 aliphatic heterocycles. The van der Waals surface area contributed by atoms with E-state index in [2.05, 4.69) is 25.7 Å². The third-order valence-corrected chi connectivity index (χ3v) is 8.98. The Morgan fingerprint density at radius 3 is 2.74 bits per heavy atom. The Morgan fingerprint density at radius 1 is 1.10 bits per heavy atom. The lowest BCUT2D eigenvalue weighted by Gasteiger charge is -2.31. The van der Waals surface area contributed by atoms with Crippen molar-refractivity contribution in [1.29, 1.82) is 0 Å². The van der Waals surface area contributed by atoms with Gasteiger partial charge in [0.05, 0.1) is 16.5 Å². The predicted octanol–water partition coefficient (Wildman–Crippen LogP) is 5.76. The van der Waals surface area contributed by atoms with E-state index in [1.807, 2.05) is 0 Å². The van der Waals surface area contributed by atoms with Crippen LogP contribution in [0.25, 0.3) is 32.9 Å². The number of benzene rings is 2. The van der Waals surface area contributed by atoms with Crippen molar-refractivity contribution >= 4 is 27.5 Å². The lowest BCUT2D eigenvalue weighted by molar-refractivity contribution is 0.107. The highest BCUT2D eigenvalue weighted by molar-refractivity contribution is 6.03. The van der Waals surface area contributed by atoms with Crippen molar-refractivity contribution < 1.29 is 23.0 Å². The zero-order valence-electron chi connectivity index (χ0n) is 23.0. The van der Waals surface area contributed by atoms with E-state index >= 15 is 4.39 Å². The fourth-order valence-electron chi connectivity index (χ4n) is 7.02. The summed E-state index contributed by atoms with van der Waals surface area (Å²) in [7, 11) is 0. The highest BCUT2D eigenvalue weighted by atomic mass is 19.1. The van der Waals surface area contributed by atoms with Crippen LogP contribution in [0.4, 0.5) is 19.0 Å². The van der Waals surface area contributed by atoms with Gasteiger partial charge < -0.3 is 14.7 Å². The van der Waals surface area contributed by atoms with Crippen LogP contribution in [0.15, 0.2) is 30.5 Å². The maximum absolute atomic E-state index is 16.6. The molecule has 1 N–H and O–H groups in total. The number of rotatable bonds is 5. The van der Waals surface area contributed by atoms with Gasteiger partial charge in [-0.05, 0) is 62.2 Å². The summed E-state index contributed by atoms with van der Waals surface area (Å²) < 4.78 is 51.8. The van der Waals surface area contributed by atoms with Crippen LogP contribution in [0.1, 0.15) is 44.1 Å². The van der Waals surface area contributed by atoms with Crippen LogP contribution >= 0.6 is 0 Å². The molecule has 7 rings (SSSR count). The van der Waals surface area contributed by atoms with Crippen molar-refractivity contribution in [1.82, 2.24) is 19.9 Å². The zero-order chi connectivity index (χ0) is 29.0. The van der Waals surface area contributed by atoms with Crippen molar-refractivity contribution in [3.8, 4) is 35.4 Å². The second kappa shape index (κ2) is 10.3. The third-order valence-electron chi connectivity index (χ3n) is 8.98. The quantitative estimate of drug-likeness (QED) is 0.305. The molecular formula is C32H30F3N5O2. The first-order valence-electron chi connectivity index (χ1n) is 14.4. The minimum absolute atomic E-state index is 0.00343. The van der Waals surface area contributed by atoms with Crippen LogP contribution in [0.5, 0.6) is 11.8 Å². The van der Waals surface area contributed by atoms with Crippen molar-refractivity contribution in [3.05, 3.63) is 47.7 Å². The lowest BCUT2D eigenvalue weighted by atomic mass is 9.95. The summed E-state index contributed by atoms with van der Waals surface area (Å²) in [5.41, 5.74) is -0.445. The monoisotopic (exact) mass is 573 g/mol. The highest BCUT2D eigenvalue weighted by Crippen LogP contribution is 2.42. The Bertz CT molecular complexity index is 1750. The van der Waals surface area contributed by atoms with Gasteiger partial charge in [0.25, 0.3) is 0 Å². The number of phenolic OH excluding ortho intramolecular Hbond substituents is 1. The SMILES string of the molecule is C#Cc1c(F)ccc2cc(O)cc(-c3ncc4c(N5CCCCC5)nc(OCC56CCCN5CC(F)C6)nc4c3F)c12. The molecule has 42 heavy (non-hydrogen) atoms. The molecule has 2 unspecified atom stereocenters. The van der Waals surface area contributed by atoms with E-state index in [-0.39, 0.29) is 46.1 Å². The summed E-state index contributed by atoms with van der Waals surface area (Å²) in [6, 6.07) is 5.47. The number of piperidine rings is 1. The molecule has 3 saturated heterocycles. The lowest BCUT2D eigenvalue weighted by Crippen LogP contribution is -2.43. The Morgan fingerprint density at radius 2 is 1.93 bits per heavy atom. The Balaban J connectivity index is 1.38. The van der Waals surface area contributed by atoms with Crippen molar-refractivity contribution in [3.63, 3.8) is 0 Å². The molecule has 2 aromatic carbocycles. The number of alkyl halides is 1. The molecule has 3 aliphatic rings. The maximum Gasteiger partial charge on any atom is 0.319 e. The summed E-state index contributed by atoms with van der Waals surface area (Å²) in [5.74, 6) is 1.35. The highest BCUT2D eigenvalue weighted by Gasteiger charge is 2.49. The van der Waals surface area contributed by atoms with Gasteiger partial charge in [-0.2, -0.15) is 9.97 Å². The van der Waals surface area contributed by atoms with Crippen molar-refractivity contribution in [2.75, 3.05) is 37.7 Å². The van der Waals surface area contributed by atoms with Gasteiger partial charge >= 0.3 is 6.01 Å². The fourth-order valence-corrected chi connectivity index (χ4v) is 7.02. The Labute approximate surface area is 241 Å². The molecule has 10 heteroatoms. The van der Waals surface area contributed by atoms with E-state index in [9.17, 15) is 13.9 Å². The topological polar surface area (TPSA) is 74.6 Å². The van der Waals surface area contributed by atoms with Gasteiger partial charge in [-0.3, -0.25) is 9.88 Å². The maximum atomic E-state index is 16.6. The number of halogens is 3. The molecule has 7 nitrogen and oxygen atoms in total. The summed E-state index contributed by atoms with van der Waals surface area (Å²) in [5, 5.41) is 11.6. The van der Waals surface area contributed by atoms with Gasteiger partial charge in [0.2, 0.25) is 0 Å². The number of aromatic nitrogens is 3. The molecule has 0 aliphatic carbocycles. The smallest absolute Gasteiger partial charge is 0.319 e. The van der Waals surface area contributed by atoms with Gasteiger partial charge in [-0.25, -0.2) is 13.2 Å². The molecule has 4 aromatic rings. The molecule has 0 bridgehead atoms. The van der Waals surface area contributed by atoms with E-state index in [1.165, 1.54) is 30.5 Å². The molecule has 2 atom stereocenters. The van der Waals surface area contributed by atoms with Gasteiger partial charge in [0, 0.05) is 43.2 Å². The number of ether oxygens (including phenoxy) is 1. The van der Waals surface area contributed by atoms with E-state index in [4.69, 9.17) is 16.1 Å². The minimum Gasteiger partial charge on any atom is -0.508 e. The van der Waals surface area contributed by atoms with Gasteiger partial charge in [-0.1, -0.05) is 12.0 Å². The van der Waals surface area contributed by atoms with E-state index in [0.717, 1.165) is 51.7 Å². The third kappa shape index (κ3) is 4.38. The second-order valence-electron chi connectivity index (χ2n) is 11.6. The fraction of sp³-hybridized carbons (Fsp3) is 0.406. The van der Waals surface area contributed by atoms with Crippen molar-refractivity contribution in [2.45, 2.75) is 50.2 Å². The van der Waals surface area contributed by atoms with Gasteiger partial charge in [0.15, 0.2) is 5.82 Å². The molecule has 0 saturated carbocycles.